The van der Waals surface area contributed by atoms with Crippen molar-refractivity contribution in [2.75, 3.05) is 0 Å². The second kappa shape index (κ2) is 7.29. The van der Waals surface area contributed by atoms with Crippen LogP contribution in [0.2, 0.25) is 0 Å². The first kappa shape index (κ1) is 14.0. The van der Waals surface area contributed by atoms with Crippen LogP contribution >= 0.6 is 0 Å². The van der Waals surface area contributed by atoms with Crippen molar-refractivity contribution in [2.45, 2.75) is 51.6 Å². The molecule has 0 saturated heterocycles. The van der Waals surface area contributed by atoms with E-state index >= 15 is 0 Å². The molecular weight excluding hydrogens is 208 g/mol. The Morgan fingerprint density at radius 3 is 2.47 bits per heavy atom. The number of unbranched alkanes of at least 4 members (excludes halogenated alkanes) is 3. The molecule has 17 heavy (non-hydrogen) atoms. The van der Waals surface area contributed by atoms with E-state index in [9.17, 15) is 5.11 Å². The summed E-state index contributed by atoms with van der Waals surface area (Å²) in [7, 11) is 0. The van der Waals surface area contributed by atoms with Gasteiger partial charge in [0.05, 0.1) is 5.60 Å². The van der Waals surface area contributed by atoms with Crippen molar-refractivity contribution in [3.8, 4) is 0 Å². The Morgan fingerprint density at radius 2 is 1.82 bits per heavy atom. The standard InChI is InChI=1S/C16H24O/c1-3-4-5-9-13-16(2,17)14-12-15-10-7-6-8-11-15/h6-8,10-12,14,17H,3-5,9,13H2,1-2H3. The van der Waals surface area contributed by atoms with E-state index in [1.807, 2.05) is 49.4 Å². The number of hydrogen-bond acceptors (Lipinski definition) is 1. The van der Waals surface area contributed by atoms with Gasteiger partial charge in [0.25, 0.3) is 0 Å². The quantitative estimate of drug-likeness (QED) is 0.690. The van der Waals surface area contributed by atoms with E-state index in [1.54, 1.807) is 0 Å². The van der Waals surface area contributed by atoms with Crippen molar-refractivity contribution in [3.63, 3.8) is 0 Å². The molecule has 0 aliphatic rings. The molecule has 0 radical (unpaired) electrons. The number of benzene rings is 1. The molecule has 0 heterocycles. The minimum atomic E-state index is -0.677. The summed E-state index contributed by atoms with van der Waals surface area (Å²) in [6.07, 6.45) is 9.57. The van der Waals surface area contributed by atoms with Crippen molar-refractivity contribution in [1.82, 2.24) is 0 Å². The van der Waals surface area contributed by atoms with Crippen molar-refractivity contribution in [3.05, 3.63) is 42.0 Å². The van der Waals surface area contributed by atoms with Crippen LogP contribution in [0.3, 0.4) is 0 Å². The van der Waals surface area contributed by atoms with E-state index < -0.39 is 5.60 Å². The summed E-state index contributed by atoms with van der Waals surface area (Å²) >= 11 is 0. The van der Waals surface area contributed by atoms with Crippen molar-refractivity contribution in [2.24, 2.45) is 0 Å². The summed E-state index contributed by atoms with van der Waals surface area (Å²) in [6, 6.07) is 10.1. The molecule has 1 nitrogen and oxygen atoms in total. The average Bonchev–Trinajstić information content (AvgIpc) is 2.34. The summed E-state index contributed by atoms with van der Waals surface area (Å²) < 4.78 is 0. The molecule has 1 N–H and O–H groups in total. The third kappa shape index (κ3) is 6.28. The lowest BCUT2D eigenvalue weighted by molar-refractivity contribution is 0.0993. The maximum Gasteiger partial charge on any atom is 0.0802 e. The first-order chi connectivity index (χ1) is 8.14. The maximum atomic E-state index is 10.2. The van der Waals surface area contributed by atoms with Gasteiger partial charge in [-0.05, 0) is 18.9 Å². The van der Waals surface area contributed by atoms with E-state index in [4.69, 9.17) is 0 Å². The highest BCUT2D eigenvalue weighted by Gasteiger charge is 2.14. The van der Waals surface area contributed by atoms with Crippen LogP contribution in [0.1, 0.15) is 51.5 Å². The Morgan fingerprint density at radius 1 is 1.12 bits per heavy atom. The molecule has 0 fully saturated rings. The van der Waals surface area contributed by atoms with Crippen LogP contribution < -0.4 is 0 Å². The minimum absolute atomic E-state index is 0.677. The molecule has 0 spiro atoms. The third-order valence-corrected chi connectivity index (χ3v) is 2.97. The normalized spacial score (nSPS) is 15.0. The Labute approximate surface area is 105 Å². The average molecular weight is 232 g/mol. The van der Waals surface area contributed by atoms with Crippen LogP contribution in [0.25, 0.3) is 6.08 Å². The Kier molecular flexibility index (Phi) is 5.99. The van der Waals surface area contributed by atoms with E-state index in [2.05, 4.69) is 6.92 Å². The highest BCUT2D eigenvalue weighted by molar-refractivity contribution is 5.49. The van der Waals surface area contributed by atoms with Crippen molar-refractivity contribution >= 4 is 6.08 Å². The van der Waals surface area contributed by atoms with Gasteiger partial charge in [-0.25, -0.2) is 0 Å². The molecule has 1 heteroatoms. The molecule has 1 unspecified atom stereocenters. The van der Waals surface area contributed by atoms with Gasteiger partial charge in [-0.3, -0.25) is 0 Å². The molecule has 1 aromatic rings. The highest BCUT2D eigenvalue weighted by Crippen LogP contribution is 2.18. The Balaban J connectivity index is 2.40. The van der Waals surface area contributed by atoms with Crippen molar-refractivity contribution < 1.29 is 5.11 Å². The molecule has 0 aromatic heterocycles. The molecule has 0 aliphatic carbocycles. The van der Waals surface area contributed by atoms with Gasteiger partial charge in [0.2, 0.25) is 0 Å². The van der Waals surface area contributed by atoms with Crippen LogP contribution in [0.4, 0.5) is 0 Å². The summed E-state index contributed by atoms with van der Waals surface area (Å²) in [5.41, 5.74) is 0.463. The minimum Gasteiger partial charge on any atom is -0.386 e. The second-order valence-electron chi connectivity index (χ2n) is 4.91. The van der Waals surface area contributed by atoms with Crippen LogP contribution in [0, 0.1) is 0 Å². The summed E-state index contributed by atoms with van der Waals surface area (Å²) in [6.45, 7) is 4.09. The molecule has 94 valence electrons. The predicted molar refractivity (Wildman–Crippen MR) is 74.9 cm³/mol. The first-order valence-electron chi connectivity index (χ1n) is 6.61. The number of hydrogen-bond donors (Lipinski definition) is 1. The predicted octanol–water partition coefficient (Wildman–Crippen LogP) is 4.42. The fraction of sp³-hybridized carbons (Fsp3) is 0.500. The molecule has 0 bridgehead atoms. The molecule has 1 aromatic carbocycles. The fourth-order valence-electron chi connectivity index (χ4n) is 1.83. The smallest absolute Gasteiger partial charge is 0.0802 e. The zero-order valence-electron chi connectivity index (χ0n) is 11.0. The van der Waals surface area contributed by atoms with Gasteiger partial charge in [-0.2, -0.15) is 0 Å². The van der Waals surface area contributed by atoms with Gasteiger partial charge < -0.3 is 5.11 Å². The zero-order valence-corrected chi connectivity index (χ0v) is 11.0. The van der Waals surface area contributed by atoms with Crippen LogP contribution in [0.15, 0.2) is 36.4 Å². The maximum absolute atomic E-state index is 10.2. The third-order valence-electron chi connectivity index (χ3n) is 2.97. The Hall–Kier alpha value is -1.08. The summed E-state index contributed by atoms with van der Waals surface area (Å²) in [4.78, 5) is 0. The van der Waals surface area contributed by atoms with Gasteiger partial charge in [-0.15, -0.1) is 0 Å². The summed E-state index contributed by atoms with van der Waals surface area (Å²) in [5.74, 6) is 0. The molecule has 0 saturated carbocycles. The van der Waals surface area contributed by atoms with Gasteiger partial charge in [0, 0.05) is 0 Å². The molecule has 0 amide bonds. The summed E-state index contributed by atoms with van der Waals surface area (Å²) in [5, 5.41) is 10.2. The lowest BCUT2D eigenvalue weighted by atomic mass is 9.96. The molecule has 1 atom stereocenters. The number of aliphatic hydroxyl groups is 1. The lowest BCUT2D eigenvalue weighted by Gasteiger charge is -2.18. The van der Waals surface area contributed by atoms with E-state index in [1.165, 1.54) is 19.3 Å². The topological polar surface area (TPSA) is 20.2 Å². The zero-order chi connectivity index (χ0) is 12.6. The van der Waals surface area contributed by atoms with Crippen LogP contribution in [-0.4, -0.2) is 10.7 Å². The lowest BCUT2D eigenvalue weighted by Crippen LogP contribution is -2.20. The van der Waals surface area contributed by atoms with Crippen LogP contribution in [0.5, 0.6) is 0 Å². The fourth-order valence-corrected chi connectivity index (χ4v) is 1.83. The van der Waals surface area contributed by atoms with Gasteiger partial charge in [0.15, 0.2) is 0 Å². The molecule has 0 aliphatic heterocycles. The number of rotatable bonds is 7. The van der Waals surface area contributed by atoms with Crippen molar-refractivity contribution in [1.29, 1.82) is 0 Å². The monoisotopic (exact) mass is 232 g/mol. The molecular formula is C16H24O. The van der Waals surface area contributed by atoms with E-state index in [-0.39, 0.29) is 0 Å². The second-order valence-corrected chi connectivity index (χ2v) is 4.91. The first-order valence-corrected chi connectivity index (χ1v) is 6.61. The van der Waals surface area contributed by atoms with Crippen LogP contribution in [-0.2, 0) is 0 Å². The van der Waals surface area contributed by atoms with Gasteiger partial charge in [-0.1, -0.05) is 75.1 Å². The largest absolute Gasteiger partial charge is 0.386 e. The highest BCUT2D eigenvalue weighted by atomic mass is 16.3. The SMILES string of the molecule is CCCCCCC(C)(O)C=Cc1ccccc1. The van der Waals surface area contributed by atoms with E-state index in [0.717, 1.165) is 18.4 Å². The molecule has 1 rings (SSSR count). The van der Waals surface area contributed by atoms with Gasteiger partial charge >= 0.3 is 0 Å². The Bertz CT molecular complexity index is 325. The van der Waals surface area contributed by atoms with Gasteiger partial charge in [0.1, 0.15) is 0 Å². The van der Waals surface area contributed by atoms with E-state index in [0.29, 0.717) is 0 Å².